The Morgan fingerprint density at radius 1 is 1.29 bits per heavy atom. The van der Waals surface area contributed by atoms with E-state index in [1.807, 2.05) is 0 Å². The van der Waals surface area contributed by atoms with Crippen LogP contribution in [-0.4, -0.2) is 0 Å². The molecule has 0 amide bonds. The molecule has 0 spiro atoms. The van der Waals surface area contributed by atoms with Crippen molar-refractivity contribution in [3.63, 3.8) is 0 Å². The van der Waals surface area contributed by atoms with Crippen molar-refractivity contribution in [1.82, 2.24) is 0 Å². The molecule has 52 valence electrons. The first-order valence-corrected chi connectivity index (χ1v) is 5.04. The Hall–Kier alpha value is 2.36. The van der Waals surface area contributed by atoms with Crippen LogP contribution in [0.25, 0.3) is 0 Å². The summed E-state index contributed by atoms with van der Waals surface area (Å²) < 4.78 is 9.09. The van der Waals surface area contributed by atoms with E-state index in [0.717, 1.165) is 22.0 Å². The third-order valence-electron chi connectivity index (χ3n) is 0. The molecule has 0 rings (SSSR count). The molecule has 0 aromatic heterocycles. The molecular formula is Ag2IO3P. The van der Waals surface area contributed by atoms with Gasteiger partial charge in [0, 0.05) is 0 Å². The van der Waals surface area contributed by atoms with Gasteiger partial charge in [0.1, 0.15) is 0 Å². The zero-order valence-corrected chi connectivity index (χ0v) is 8.67. The number of rotatable bonds is 0. The van der Waals surface area contributed by atoms with Crippen LogP contribution in [0.2, 0.25) is 0 Å². The summed E-state index contributed by atoms with van der Waals surface area (Å²) in [6.07, 6.45) is 0. The van der Waals surface area contributed by atoms with E-state index in [4.69, 9.17) is 14.4 Å². The summed E-state index contributed by atoms with van der Waals surface area (Å²) in [7, 11) is 0. The van der Waals surface area contributed by atoms with E-state index in [-0.39, 0.29) is 44.8 Å². The van der Waals surface area contributed by atoms with Gasteiger partial charge in [-0.2, -0.15) is 0 Å². The van der Waals surface area contributed by atoms with E-state index in [1.165, 1.54) is 0 Å². The summed E-state index contributed by atoms with van der Waals surface area (Å²) in [5, 5.41) is -4.17. The van der Waals surface area contributed by atoms with Crippen molar-refractivity contribution in [1.29, 1.82) is 0 Å². The van der Waals surface area contributed by atoms with Crippen molar-refractivity contribution in [2.75, 3.05) is 0 Å². The fraction of sp³-hybridized carbons (Fsp3) is 0. The minimum atomic E-state index is -4.17. The molecule has 0 aromatic rings. The molecule has 0 aliphatic heterocycles. The Kier molecular flexibility index (Phi) is 15.0. The van der Waals surface area contributed by atoms with Crippen LogP contribution in [-0.2, 0) is 49.3 Å². The van der Waals surface area contributed by atoms with Gasteiger partial charge in [0.2, 0.25) is 0 Å². The Labute approximate surface area is 85.3 Å². The first-order chi connectivity index (χ1) is 2.00. The Balaban J connectivity index is -0.0000000800. The third kappa shape index (κ3) is 60.7. The van der Waals surface area contributed by atoms with Gasteiger partial charge in [0.15, 0.2) is 0 Å². The van der Waals surface area contributed by atoms with Gasteiger partial charge in [-0.25, -0.2) is 0 Å². The van der Waals surface area contributed by atoms with E-state index < -0.39 is 5.24 Å². The van der Waals surface area contributed by atoms with E-state index in [2.05, 4.69) is 0 Å². The Bertz CT molecular complexity index is 59.1. The smallest absolute Gasteiger partial charge is 0.803 e. The maximum atomic E-state index is 9.09. The summed E-state index contributed by atoms with van der Waals surface area (Å²) in [5.74, 6) is 0. The van der Waals surface area contributed by atoms with Crippen molar-refractivity contribution in [2.45, 2.75) is 0 Å². The Morgan fingerprint density at radius 3 is 1.29 bits per heavy atom. The van der Waals surface area contributed by atoms with Crippen LogP contribution >= 0.6 is 27.3 Å². The predicted molar refractivity (Wildman–Crippen MR) is 21.6 cm³/mol. The van der Waals surface area contributed by atoms with Crippen LogP contribution in [0.4, 0.5) is 0 Å². The topological polar surface area (TPSA) is 63.2 Å². The molecule has 0 atom stereocenters. The second-order valence-corrected chi connectivity index (χ2v) is 4.84. The number of halogens is 1. The van der Waals surface area contributed by atoms with Gasteiger partial charge in [-0.3, -0.25) is 0 Å². The number of hydrogen-bond donors (Lipinski definition) is 0. The maximum Gasteiger partial charge on any atom is 1.00 e. The van der Waals surface area contributed by atoms with Gasteiger partial charge in [0.25, 0.3) is 0 Å². The van der Waals surface area contributed by atoms with Crippen molar-refractivity contribution in [2.24, 2.45) is 0 Å². The van der Waals surface area contributed by atoms with Crippen LogP contribution in [0, 0.1) is 0 Å². The molecule has 0 fully saturated rings. The van der Waals surface area contributed by atoms with Gasteiger partial charge >= 0.3 is 44.8 Å². The fourth-order valence-corrected chi connectivity index (χ4v) is 0. The van der Waals surface area contributed by atoms with Gasteiger partial charge in [-0.15, -0.1) is 0 Å². The zero-order chi connectivity index (χ0) is 4.50. The molecule has 0 heterocycles. The van der Waals surface area contributed by atoms with Gasteiger partial charge in [0.05, 0.1) is 0 Å². The molecule has 3 nitrogen and oxygen atoms in total. The maximum absolute atomic E-state index is 9.09. The normalized spacial score (nSPS) is 8.43. The van der Waals surface area contributed by atoms with Crippen LogP contribution in [0.3, 0.4) is 0 Å². The van der Waals surface area contributed by atoms with E-state index in [1.54, 1.807) is 0 Å². The quantitative estimate of drug-likeness (QED) is 0.294. The van der Waals surface area contributed by atoms with Crippen LogP contribution in [0.5, 0.6) is 0 Å². The minimum Gasteiger partial charge on any atom is -0.803 e. The molecular weight excluding hydrogens is 422 g/mol. The Morgan fingerprint density at radius 2 is 1.29 bits per heavy atom. The molecule has 0 unspecified atom stereocenters. The zero-order valence-electron chi connectivity index (χ0n) is 2.65. The molecule has 0 N–H and O–H groups in total. The van der Waals surface area contributed by atoms with Crippen molar-refractivity contribution in [3.05, 3.63) is 0 Å². The molecule has 0 aliphatic rings. The van der Waals surface area contributed by atoms with Crippen molar-refractivity contribution < 1.29 is 59.1 Å². The first kappa shape index (κ1) is 16.2. The first-order valence-electron chi connectivity index (χ1n) is 0.717. The van der Waals surface area contributed by atoms with Crippen molar-refractivity contribution >= 4 is 27.3 Å². The second kappa shape index (κ2) is 6.48. The predicted octanol–water partition coefficient (Wildman–Crippen LogP) is -0.755. The third-order valence-corrected chi connectivity index (χ3v) is 0. The summed E-state index contributed by atoms with van der Waals surface area (Å²) in [5.41, 5.74) is 0. The summed E-state index contributed by atoms with van der Waals surface area (Å²) in [6.45, 7) is 0. The molecule has 0 bridgehead atoms. The van der Waals surface area contributed by atoms with Gasteiger partial charge in [-0.05, 0) is 27.3 Å². The fourth-order valence-electron chi connectivity index (χ4n) is 0. The number of hydrogen-bond acceptors (Lipinski definition) is 3. The van der Waals surface area contributed by atoms with Crippen LogP contribution < -0.4 is 9.79 Å². The van der Waals surface area contributed by atoms with Gasteiger partial charge < -0.3 is 14.4 Å². The molecule has 0 saturated carbocycles. The molecule has 0 aromatic carbocycles. The van der Waals surface area contributed by atoms with E-state index in [9.17, 15) is 0 Å². The van der Waals surface area contributed by atoms with Gasteiger partial charge in [-0.1, -0.05) is 0 Å². The molecule has 0 radical (unpaired) electrons. The largest absolute Gasteiger partial charge is 1.00 e. The second-order valence-electron chi connectivity index (χ2n) is 0.431. The van der Waals surface area contributed by atoms with Crippen LogP contribution in [0.1, 0.15) is 0 Å². The van der Waals surface area contributed by atoms with E-state index in [0.29, 0.717) is 0 Å². The van der Waals surface area contributed by atoms with Crippen LogP contribution in [0.15, 0.2) is 0 Å². The standard InChI is InChI=1S/2Ag.H2IO3P/c;;1-5(2,3)4/h;;(H2,2,3,4)/q2*+1;/p-2. The monoisotopic (exact) mass is 420 g/mol. The molecule has 0 saturated heterocycles. The average molecular weight is 422 g/mol. The molecule has 0 aliphatic carbocycles. The minimum absolute atomic E-state index is 0. The summed E-state index contributed by atoms with van der Waals surface area (Å²) in [4.78, 5) is 18.2. The molecule has 7 heavy (non-hydrogen) atoms. The average Bonchev–Trinajstić information content (AvgIpc) is 0.722. The molecule has 7 heteroatoms. The summed E-state index contributed by atoms with van der Waals surface area (Å²) in [6, 6.07) is 0. The van der Waals surface area contributed by atoms with Crippen molar-refractivity contribution in [3.8, 4) is 0 Å². The van der Waals surface area contributed by atoms with E-state index >= 15 is 0 Å². The SMILES string of the molecule is O=P([O-])([O-])I.[Ag+].[Ag+]. The summed E-state index contributed by atoms with van der Waals surface area (Å²) >= 11 is 0.822.